The van der Waals surface area contributed by atoms with E-state index < -0.39 is 0 Å². The lowest BCUT2D eigenvalue weighted by Crippen LogP contribution is -2.27. The topological polar surface area (TPSA) is 3.24 Å². The van der Waals surface area contributed by atoms with Crippen molar-refractivity contribution in [1.29, 1.82) is 0 Å². The predicted octanol–water partition coefficient (Wildman–Crippen LogP) is 10.9. The van der Waals surface area contributed by atoms with Gasteiger partial charge in [-0.1, -0.05) is 136 Å². The minimum absolute atomic E-state index is 1.30. The summed E-state index contributed by atoms with van der Waals surface area (Å²) in [7, 11) is 0. The summed E-state index contributed by atoms with van der Waals surface area (Å²) >= 11 is 0. The standard InChI is InChI=1S/C31H63N/c1-4-7-9-11-13-15-16-17-18-19-20-21-22-24-26-28-31-32(29-6-3)30-27-25-23-14-12-10-8-5-2/h17-18H,4-16,19-31H2,1-3H3/b18-17-. The van der Waals surface area contributed by atoms with E-state index in [1.807, 2.05) is 0 Å². The van der Waals surface area contributed by atoms with Gasteiger partial charge in [0, 0.05) is 0 Å². The molecule has 0 fully saturated rings. The molecular formula is C31H63N. The first-order valence-electron chi connectivity index (χ1n) is 15.2. The summed E-state index contributed by atoms with van der Waals surface area (Å²) in [6.45, 7) is 10.9. The fraction of sp³-hybridized carbons (Fsp3) is 0.935. The van der Waals surface area contributed by atoms with Gasteiger partial charge < -0.3 is 4.90 Å². The van der Waals surface area contributed by atoms with Gasteiger partial charge in [-0.3, -0.25) is 0 Å². The molecule has 0 rings (SSSR count). The molecule has 0 aromatic rings. The van der Waals surface area contributed by atoms with Crippen LogP contribution in [-0.2, 0) is 0 Å². The lowest BCUT2D eigenvalue weighted by molar-refractivity contribution is 0.260. The van der Waals surface area contributed by atoms with Crippen LogP contribution in [0.3, 0.4) is 0 Å². The second kappa shape index (κ2) is 28.7. The van der Waals surface area contributed by atoms with Crippen molar-refractivity contribution in [2.45, 2.75) is 168 Å². The van der Waals surface area contributed by atoms with Crippen molar-refractivity contribution in [2.24, 2.45) is 0 Å². The zero-order chi connectivity index (χ0) is 23.4. The van der Waals surface area contributed by atoms with Gasteiger partial charge in [-0.15, -0.1) is 0 Å². The summed E-state index contributed by atoms with van der Waals surface area (Å²) in [4.78, 5) is 2.74. The van der Waals surface area contributed by atoms with Crippen molar-refractivity contribution in [2.75, 3.05) is 19.6 Å². The fourth-order valence-corrected chi connectivity index (χ4v) is 4.70. The largest absolute Gasteiger partial charge is 0.303 e. The quantitative estimate of drug-likeness (QED) is 0.0889. The summed E-state index contributed by atoms with van der Waals surface area (Å²) in [6.07, 6.45) is 37.3. The van der Waals surface area contributed by atoms with Crippen molar-refractivity contribution in [1.82, 2.24) is 4.90 Å². The highest BCUT2D eigenvalue weighted by molar-refractivity contribution is 4.81. The van der Waals surface area contributed by atoms with Crippen LogP contribution in [-0.4, -0.2) is 24.5 Å². The highest BCUT2D eigenvalue weighted by atomic mass is 15.1. The molecule has 0 aromatic heterocycles. The van der Waals surface area contributed by atoms with Gasteiger partial charge in [0.25, 0.3) is 0 Å². The SMILES string of the molecule is CCCCCCCC/C=C\CCCCCCCCN(CCC)CCCCCCCCCC. The molecule has 192 valence electrons. The van der Waals surface area contributed by atoms with Gasteiger partial charge in [0.2, 0.25) is 0 Å². The highest BCUT2D eigenvalue weighted by Gasteiger charge is 2.03. The molecule has 0 atom stereocenters. The van der Waals surface area contributed by atoms with Crippen molar-refractivity contribution in [3.63, 3.8) is 0 Å². The third-order valence-electron chi connectivity index (χ3n) is 6.85. The lowest BCUT2D eigenvalue weighted by atomic mass is 10.1. The monoisotopic (exact) mass is 449 g/mol. The van der Waals surface area contributed by atoms with Crippen LogP contribution in [0.15, 0.2) is 12.2 Å². The van der Waals surface area contributed by atoms with Crippen LogP contribution < -0.4 is 0 Å². The Kier molecular flexibility index (Phi) is 28.5. The molecule has 0 spiro atoms. The molecule has 0 aliphatic carbocycles. The molecule has 0 saturated heterocycles. The maximum Gasteiger partial charge on any atom is -0.00187 e. The number of rotatable bonds is 27. The fourth-order valence-electron chi connectivity index (χ4n) is 4.70. The number of hydrogen-bond acceptors (Lipinski definition) is 1. The smallest absolute Gasteiger partial charge is 0.00187 e. The van der Waals surface area contributed by atoms with Crippen LogP contribution in [0.4, 0.5) is 0 Å². The molecule has 0 N–H and O–H groups in total. The molecule has 32 heavy (non-hydrogen) atoms. The Balaban J connectivity index is 3.41. The Morgan fingerprint density at radius 2 is 0.688 bits per heavy atom. The van der Waals surface area contributed by atoms with Gasteiger partial charge in [0.1, 0.15) is 0 Å². The van der Waals surface area contributed by atoms with Gasteiger partial charge in [0.05, 0.1) is 0 Å². The summed E-state index contributed by atoms with van der Waals surface area (Å²) < 4.78 is 0. The van der Waals surface area contributed by atoms with Gasteiger partial charge in [-0.2, -0.15) is 0 Å². The molecule has 0 aliphatic heterocycles. The van der Waals surface area contributed by atoms with Gasteiger partial charge >= 0.3 is 0 Å². The molecular weight excluding hydrogens is 386 g/mol. The average molecular weight is 450 g/mol. The Morgan fingerprint density at radius 3 is 1.06 bits per heavy atom. The molecule has 0 unspecified atom stereocenters. The minimum atomic E-state index is 1.30. The van der Waals surface area contributed by atoms with Gasteiger partial charge in [-0.25, -0.2) is 0 Å². The van der Waals surface area contributed by atoms with Crippen LogP contribution in [0.5, 0.6) is 0 Å². The van der Waals surface area contributed by atoms with Crippen molar-refractivity contribution in [3.05, 3.63) is 12.2 Å². The zero-order valence-corrected chi connectivity index (χ0v) is 23.0. The zero-order valence-electron chi connectivity index (χ0n) is 23.0. The highest BCUT2D eigenvalue weighted by Crippen LogP contribution is 2.12. The second-order valence-electron chi connectivity index (χ2n) is 10.3. The molecule has 0 bridgehead atoms. The first kappa shape index (κ1) is 31.7. The Morgan fingerprint density at radius 1 is 0.344 bits per heavy atom. The second-order valence-corrected chi connectivity index (χ2v) is 10.3. The van der Waals surface area contributed by atoms with Crippen molar-refractivity contribution < 1.29 is 0 Å². The summed E-state index contributed by atoms with van der Waals surface area (Å²) in [5, 5.41) is 0. The van der Waals surface area contributed by atoms with Crippen molar-refractivity contribution in [3.8, 4) is 0 Å². The van der Waals surface area contributed by atoms with E-state index >= 15 is 0 Å². The first-order chi connectivity index (χ1) is 15.8. The van der Waals surface area contributed by atoms with Gasteiger partial charge in [0.15, 0.2) is 0 Å². The van der Waals surface area contributed by atoms with E-state index in [-0.39, 0.29) is 0 Å². The predicted molar refractivity (Wildman–Crippen MR) is 149 cm³/mol. The van der Waals surface area contributed by atoms with Crippen LogP contribution in [0.2, 0.25) is 0 Å². The van der Waals surface area contributed by atoms with E-state index in [0.29, 0.717) is 0 Å². The number of nitrogens with zero attached hydrogens (tertiary/aromatic N) is 1. The van der Waals surface area contributed by atoms with Crippen molar-refractivity contribution >= 4 is 0 Å². The minimum Gasteiger partial charge on any atom is -0.303 e. The molecule has 0 radical (unpaired) electrons. The van der Waals surface area contributed by atoms with E-state index in [1.165, 1.54) is 167 Å². The van der Waals surface area contributed by atoms with Crippen LogP contribution in [0.1, 0.15) is 168 Å². The lowest BCUT2D eigenvalue weighted by Gasteiger charge is -2.21. The maximum atomic E-state index is 2.74. The summed E-state index contributed by atoms with van der Waals surface area (Å²) in [5.41, 5.74) is 0. The Labute approximate surface area is 205 Å². The molecule has 0 aromatic carbocycles. The third-order valence-corrected chi connectivity index (χ3v) is 6.85. The number of hydrogen-bond donors (Lipinski definition) is 0. The van der Waals surface area contributed by atoms with Gasteiger partial charge in [-0.05, 0) is 64.6 Å². The number of allylic oxidation sites excluding steroid dienone is 2. The first-order valence-corrected chi connectivity index (χ1v) is 15.2. The van der Waals surface area contributed by atoms with Crippen LogP contribution in [0.25, 0.3) is 0 Å². The average Bonchev–Trinajstić information content (AvgIpc) is 2.80. The molecule has 0 heterocycles. The van der Waals surface area contributed by atoms with E-state index in [9.17, 15) is 0 Å². The molecule has 1 heteroatoms. The Hall–Kier alpha value is -0.300. The van der Waals surface area contributed by atoms with E-state index in [4.69, 9.17) is 0 Å². The summed E-state index contributed by atoms with van der Waals surface area (Å²) in [6, 6.07) is 0. The number of unbranched alkanes of at least 4 members (excludes halogenated alkanes) is 19. The molecule has 0 saturated carbocycles. The maximum absolute atomic E-state index is 2.74. The molecule has 0 aliphatic rings. The third kappa shape index (κ3) is 26.0. The van der Waals surface area contributed by atoms with Crippen LogP contribution >= 0.6 is 0 Å². The van der Waals surface area contributed by atoms with E-state index in [0.717, 1.165) is 0 Å². The molecule has 1 nitrogen and oxygen atoms in total. The van der Waals surface area contributed by atoms with E-state index in [1.54, 1.807) is 0 Å². The summed E-state index contributed by atoms with van der Waals surface area (Å²) in [5.74, 6) is 0. The normalized spacial score (nSPS) is 11.9. The molecule has 0 amide bonds. The van der Waals surface area contributed by atoms with Crippen LogP contribution in [0, 0.1) is 0 Å². The Bertz CT molecular complexity index is 348. The van der Waals surface area contributed by atoms with E-state index in [2.05, 4.69) is 37.8 Å².